The minimum Gasteiger partial charge on any atom is -0.396 e. The maximum Gasteiger partial charge on any atom is 0.318 e. The molecule has 0 saturated heterocycles. The van der Waals surface area contributed by atoms with Crippen LogP contribution in [0.2, 0.25) is 0 Å². The molecule has 4 heteroatoms. The summed E-state index contributed by atoms with van der Waals surface area (Å²) in [5.41, 5.74) is 4.50. The van der Waals surface area contributed by atoms with Gasteiger partial charge < -0.3 is 15.3 Å². The molecule has 0 bridgehead atoms. The highest BCUT2D eigenvalue weighted by Crippen LogP contribution is 2.46. The number of hydrogen-bond acceptors (Lipinski definition) is 2. The third-order valence-electron chi connectivity index (χ3n) is 5.12. The van der Waals surface area contributed by atoms with Crippen LogP contribution in [0.3, 0.4) is 0 Å². The molecule has 2 N–H and O–H groups in total. The van der Waals surface area contributed by atoms with Crippen LogP contribution in [0.15, 0.2) is 48.5 Å². The molecular weight excluding hydrogens is 324 g/mol. The molecule has 0 unspecified atom stereocenters. The quantitative estimate of drug-likeness (QED) is 0.794. The summed E-state index contributed by atoms with van der Waals surface area (Å²) in [6, 6.07) is 16.5. The van der Waals surface area contributed by atoms with E-state index in [9.17, 15) is 9.90 Å². The number of carbonyl (C=O) groups is 1. The molecule has 0 aromatic heterocycles. The molecule has 1 aliphatic rings. The van der Waals surface area contributed by atoms with E-state index in [1.807, 2.05) is 12.1 Å². The lowest BCUT2D eigenvalue weighted by Gasteiger charge is -2.27. The van der Waals surface area contributed by atoms with Crippen molar-refractivity contribution in [2.45, 2.75) is 45.2 Å². The average molecular weight is 352 g/mol. The Morgan fingerprint density at radius 2 is 1.81 bits per heavy atom. The van der Waals surface area contributed by atoms with E-state index in [1.165, 1.54) is 16.7 Å². The van der Waals surface area contributed by atoms with Crippen LogP contribution in [0.4, 0.5) is 4.79 Å². The third kappa shape index (κ3) is 4.25. The zero-order valence-corrected chi connectivity index (χ0v) is 15.7. The van der Waals surface area contributed by atoms with Crippen molar-refractivity contribution in [3.63, 3.8) is 0 Å². The van der Waals surface area contributed by atoms with Crippen molar-refractivity contribution in [1.82, 2.24) is 10.2 Å². The van der Waals surface area contributed by atoms with Gasteiger partial charge in [0.2, 0.25) is 0 Å². The summed E-state index contributed by atoms with van der Waals surface area (Å²) in [5.74, 6) is 0. The van der Waals surface area contributed by atoms with Crippen molar-refractivity contribution < 1.29 is 9.90 Å². The van der Waals surface area contributed by atoms with Gasteiger partial charge in [0.25, 0.3) is 0 Å². The van der Waals surface area contributed by atoms with Gasteiger partial charge in [-0.3, -0.25) is 0 Å². The molecule has 1 aliphatic carbocycles. The van der Waals surface area contributed by atoms with Crippen molar-refractivity contribution >= 4 is 6.03 Å². The Balaban J connectivity index is 1.73. The highest BCUT2D eigenvalue weighted by molar-refractivity contribution is 5.76. The lowest BCUT2D eigenvalue weighted by Crippen LogP contribution is -2.45. The number of nitrogens with one attached hydrogen (secondary N) is 1. The number of aliphatic hydroxyl groups excluding tert-OH is 1. The second kappa shape index (κ2) is 7.92. The van der Waals surface area contributed by atoms with E-state index in [0.29, 0.717) is 19.5 Å². The molecule has 0 aliphatic heterocycles. The highest BCUT2D eigenvalue weighted by atomic mass is 16.3. The first-order chi connectivity index (χ1) is 12.5. The SMILES string of the molecule is Cc1ccc(CN(CCCO)C(=O)NC2(c3ccccc3C)CC2)cc1. The maximum absolute atomic E-state index is 13.0. The van der Waals surface area contributed by atoms with Crippen molar-refractivity contribution in [2.24, 2.45) is 0 Å². The molecule has 2 aromatic rings. The van der Waals surface area contributed by atoms with Gasteiger partial charge in [0.05, 0.1) is 5.54 Å². The first-order valence-corrected chi connectivity index (χ1v) is 9.34. The summed E-state index contributed by atoms with van der Waals surface area (Å²) < 4.78 is 0. The summed E-state index contributed by atoms with van der Waals surface area (Å²) in [4.78, 5) is 14.8. The lowest BCUT2D eigenvalue weighted by atomic mass is 9.99. The normalized spacial score (nSPS) is 14.7. The molecule has 2 aromatic carbocycles. The molecule has 3 rings (SSSR count). The maximum atomic E-state index is 13.0. The molecule has 1 fully saturated rings. The zero-order chi connectivity index (χ0) is 18.6. The zero-order valence-electron chi connectivity index (χ0n) is 15.7. The Labute approximate surface area is 155 Å². The van der Waals surface area contributed by atoms with Crippen molar-refractivity contribution in [1.29, 1.82) is 0 Å². The molecular formula is C22H28N2O2. The Hall–Kier alpha value is -2.33. The van der Waals surface area contributed by atoms with Crippen LogP contribution >= 0.6 is 0 Å². The minimum atomic E-state index is -0.229. The van der Waals surface area contributed by atoms with Crippen LogP contribution in [0.25, 0.3) is 0 Å². The van der Waals surface area contributed by atoms with Gasteiger partial charge >= 0.3 is 6.03 Å². The number of nitrogens with zero attached hydrogens (tertiary/aromatic N) is 1. The predicted molar refractivity (Wildman–Crippen MR) is 104 cm³/mol. The Morgan fingerprint density at radius 3 is 2.42 bits per heavy atom. The molecule has 138 valence electrons. The van der Waals surface area contributed by atoms with Crippen LogP contribution in [-0.2, 0) is 12.1 Å². The monoisotopic (exact) mass is 352 g/mol. The fourth-order valence-corrected chi connectivity index (χ4v) is 3.41. The number of urea groups is 1. The van der Waals surface area contributed by atoms with Crippen LogP contribution < -0.4 is 5.32 Å². The van der Waals surface area contributed by atoms with Gasteiger partial charge in [0.15, 0.2) is 0 Å². The van der Waals surface area contributed by atoms with Gasteiger partial charge in [-0.1, -0.05) is 54.1 Å². The van der Waals surface area contributed by atoms with E-state index in [0.717, 1.165) is 18.4 Å². The number of amides is 2. The predicted octanol–water partition coefficient (Wildman–Crippen LogP) is 3.89. The molecule has 0 radical (unpaired) electrons. The van der Waals surface area contributed by atoms with Gasteiger partial charge in [-0.25, -0.2) is 4.79 Å². The van der Waals surface area contributed by atoms with Crippen LogP contribution in [0, 0.1) is 13.8 Å². The highest BCUT2D eigenvalue weighted by Gasteiger charge is 2.47. The first kappa shape index (κ1) is 18.5. The molecule has 4 nitrogen and oxygen atoms in total. The molecule has 0 atom stereocenters. The molecule has 26 heavy (non-hydrogen) atoms. The summed E-state index contributed by atoms with van der Waals surface area (Å²) in [7, 11) is 0. The number of rotatable bonds is 7. The van der Waals surface area contributed by atoms with E-state index < -0.39 is 0 Å². The Bertz CT molecular complexity index is 751. The molecule has 0 heterocycles. The van der Waals surface area contributed by atoms with Gasteiger partial charge in [0, 0.05) is 19.7 Å². The first-order valence-electron chi connectivity index (χ1n) is 9.34. The van der Waals surface area contributed by atoms with Gasteiger partial charge in [-0.2, -0.15) is 0 Å². The minimum absolute atomic E-state index is 0.0558. The summed E-state index contributed by atoms with van der Waals surface area (Å²) in [6.45, 7) is 5.33. The van der Waals surface area contributed by atoms with E-state index in [-0.39, 0.29) is 18.2 Å². The smallest absolute Gasteiger partial charge is 0.318 e. The summed E-state index contributed by atoms with van der Waals surface area (Å²) in [6.07, 6.45) is 2.53. The van der Waals surface area contributed by atoms with E-state index in [1.54, 1.807) is 4.90 Å². The van der Waals surface area contributed by atoms with E-state index >= 15 is 0 Å². The fourth-order valence-electron chi connectivity index (χ4n) is 3.41. The average Bonchev–Trinajstić information content (AvgIpc) is 3.41. The van der Waals surface area contributed by atoms with E-state index in [4.69, 9.17) is 0 Å². The standard InChI is InChI=1S/C22H28N2O2/c1-17-8-10-19(11-9-17)16-24(14-5-15-25)21(26)23-22(12-13-22)20-7-4-3-6-18(20)2/h3-4,6-11,25H,5,12-16H2,1-2H3,(H,23,26). The van der Waals surface area contributed by atoms with Crippen molar-refractivity contribution in [3.05, 3.63) is 70.8 Å². The topological polar surface area (TPSA) is 52.6 Å². The number of carbonyl (C=O) groups excluding carboxylic acids is 1. The van der Waals surface area contributed by atoms with Crippen LogP contribution in [0.1, 0.15) is 41.5 Å². The second-order valence-corrected chi connectivity index (χ2v) is 7.31. The largest absolute Gasteiger partial charge is 0.396 e. The van der Waals surface area contributed by atoms with Crippen molar-refractivity contribution in [2.75, 3.05) is 13.2 Å². The number of hydrogen-bond donors (Lipinski definition) is 2. The van der Waals surface area contributed by atoms with Gasteiger partial charge in [-0.15, -0.1) is 0 Å². The summed E-state index contributed by atoms with van der Waals surface area (Å²) in [5, 5.41) is 12.5. The third-order valence-corrected chi connectivity index (χ3v) is 5.12. The second-order valence-electron chi connectivity index (χ2n) is 7.31. The number of aryl methyl sites for hydroxylation is 2. The fraction of sp³-hybridized carbons (Fsp3) is 0.409. The van der Waals surface area contributed by atoms with Gasteiger partial charge in [0.1, 0.15) is 0 Å². The van der Waals surface area contributed by atoms with Crippen LogP contribution in [0.5, 0.6) is 0 Å². The van der Waals surface area contributed by atoms with Crippen LogP contribution in [-0.4, -0.2) is 29.2 Å². The number of aliphatic hydroxyl groups is 1. The lowest BCUT2D eigenvalue weighted by molar-refractivity contribution is 0.181. The number of benzene rings is 2. The Morgan fingerprint density at radius 1 is 1.12 bits per heavy atom. The van der Waals surface area contributed by atoms with E-state index in [2.05, 4.69) is 55.6 Å². The molecule has 2 amide bonds. The Kier molecular flexibility index (Phi) is 5.62. The molecule has 1 saturated carbocycles. The molecule has 0 spiro atoms. The van der Waals surface area contributed by atoms with Gasteiger partial charge in [-0.05, 0) is 49.8 Å². The summed E-state index contributed by atoms with van der Waals surface area (Å²) >= 11 is 0. The van der Waals surface area contributed by atoms with Crippen molar-refractivity contribution in [3.8, 4) is 0 Å².